The largest absolute Gasteiger partial charge is 0.325 e. The van der Waals surface area contributed by atoms with Crippen molar-refractivity contribution >= 4 is 23.4 Å². The van der Waals surface area contributed by atoms with Crippen LogP contribution in [0.5, 0.6) is 0 Å². The van der Waals surface area contributed by atoms with E-state index in [4.69, 9.17) is 0 Å². The minimum Gasteiger partial charge on any atom is -0.325 e. The lowest BCUT2D eigenvalue weighted by Gasteiger charge is -2.10. The molecule has 5 nitrogen and oxygen atoms in total. The number of allylic oxidation sites excluding steroid dienone is 1. The molecule has 0 saturated heterocycles. The van der Waals surface area contributed by atoms with Gasteiger partial charge in [-0.3, -0.25) is 9.36 Å². The second kappa shape index (κ2) is 9.52. The average molecular weight is 411 g/mol. The SMILES string of the molecule is C=CCn1c(SCC(=O)Nc2cccc(C(C)C)c2)nnc1-c1ccccc1F. The number of thioether (sulfide) groups is 1. The number of hydrogen-bond acceptors (Lipinski definition) is 4. The highest BCUT2D eigenvalue weighted by Gasteiger charge is 2.17. The Hall–Kier alpha value is -2.93. The van der Waals surface area contributed by atoms with Crippen LogP contribution in [0.15, 0.2) is 66.3 Å². The summed E-state index contributed by atoms with van der Waals surface area (Å²) in [5.74, 6) is 0.449. The summed E-state index contributed by atoms with van der Waals surface area (Å²) in [6.07, 6.45) is 1.69. The van der Waals surface area contributed by atoms with Crippen molar-refractivity contribution in [3.63, 3.8) is 0 Å². The van der Waals surface area contributed by atoms with E-state index in [1.807, 2.05) is 24.3 Å². The fraction of sp³-hybridized carbons (Fsp3) is 0.227. The van der Waals surface area contributed by atoms with Gasteiger partial charge < -0.3 is 5.32 Å². The van der Waals surface area contributed by atoms with Crippen molar-refractivity contribution in [1.82, 2.24) is 14.8 Å². The van der Waals surface area contributed by atoms with Gasteiger partial charge in [0.25, 0.3) is 0 Å². The number of nitrogens with zero attached hydrogens (tertiary/aromatic N) is 3. The summed E-state index contributed by atoms with van der Waals surface area (Å²) < 4.78 is 15.9. The Morgan fingerprint density at radius 3 is 2.76 bits per heavy atom. The highest BCUT2D eigenvalue weighted by atomic mass is 32.2. The maximum Gasteiger partial charge on any atom is 0.234 e. The number of carbonyl (C=O) groups is 1. The molecule has 0 bridgehead atoms. The van der Waals surface area contributed by atoms with Crippen molar-refractivity contribution in [1.29, 1.82) is 0 Å². The topological polar surface area (TPSA) is 59.8 Å². The van der Waals surface area contributed by atoms with Gasteiger partial charge in [-0.2, -0.15) is 0 Å². The summed E-state index contributed by atoms with van der Waals surface area (Å²) >= 11 is 1.25. The first-order valence-corrected chi connectivity index (χ1v) is 10.3. The third kappa shape index (κ3) is 5.12. The molecule has 0 spiro atoms. The second-order valence-corrected chi connectivity index (χ2v) is 7.74. The molecular weight excluding hydrogens is 387 g/mol. The minimum absolute atomic E-state index is 0.142. The van der Waals surface area contributed by atoms with Gasteiger partial charge in [-0.15, -0.1) is 16.8 Å². The van der Waals surface area contributed by atoms with Gasteiger partial charge in [0.2, 0.25) is 5.91 Å². The molecule has 1 heterocycles. The number of aromatic nitrogens is 3. The molecule has 1 aromatic heterocycles. The zero-order chi connectivity index (χ0) is 20.8. The number of anilines is 1. The fourth-order valence-corrected chi connectivity index (χ4v) is 3.58. The molecule has 3 rings (SSSR count). The first kappa shape index (κ1) is 20.8. The van der Waals surface area contributed by atoms with Crippen LogP contribution in [0, 0.1) is 5.82 Å². The predicted octanol–water partition coefficient (Wildman–Crippen LogP) is 5.12. The molecule has 0 unspecified atom stereocenters. The van der Waals surface area contributed by atoms with Crippen molar-refractivity contribution < 1.29 is 9.18 Å². The van der Waals surface area contributed by atoms with Gasteiger partial charge in [-0.05, 0) is 35.7 Å². The van der Waals surface area contributed by atoms with Crippen molar-refractivity contribution in [2.45, 2.75) is 31.5 Å². The average Bonchev–Trinajstić information content (AvgIpc) is 3.10. The van der Waals surface area contributed by atoms with Gasteiger partial charge in [0, 0.05) is 12.2 Å². The van der Waals surface area contributed by atoms with Gasteiger partial charge in [0.05, 0.1) is 11.3 Å². The number of halogens is 1. The molecule has 0 radical (unpaired) electrons. The molecule has 29 heavy (non-hydrogen) atoms. The molecule has 0 aliphatic carbocycles. The Bertz CT molecular complexity index is 1020. The molecule has 1 amide bonds. The first-order valence-electron chi connectivity index (χ1n) is 9.31. The summed E-state index contributed by atoms with van der Waals surface area (Å²) in [4.78, 5) is 12.4. The van der Waals surface area contributed by atoms with Gasteiger partial charge in [0.1, 0.15) is 5.82 Å². The number of nitrogens with one attached hydrogen (secondary N) is 1. The van der Waals surface area contributed by atoms with Crippen LogP contribution in [0.25, 0.3) is 11.4 Å². The molecule has 0 aliphatic rings. The van der Waals surface area contributed by atoms with Crippen LogP contribution in [0.3, 0.4) is 0 Å². The molecule has 2 aromatic carbocycles. The monoisotopic (exact) mass is 410 g/mol. The summed E-state index contributed by atoms with van der Waals surface area (Å²) in [6.45, 7) is 8.38. The Morgan fingerprint density at radius 2 is 2.03 bits per heavy atom. The van der Waals surface area contributed by atoms with Crippen molar-refractivity contribution in [2.24, 2.45) is 0 Å². The zero-order valence-electron chi connectivity index (χ0n) is 16.4. The normalized spacial score (nSPS) is 10.9. The van der Waals surface area contributed by atoms with E-state index in [1.54, 1.807) is 28.8 Å². The molecule has 7 heteroatoms. The van der Waals surface area contributed by atoms with Crippen LogP contribution in [0.1, 0.15) is 25.3 Å². The molecule has 150 valence electrons. The van der Waals surface area contributed by atoms with E-state index in [9.17, 15) is 9.18 Å². The standard InChI is InChI=1S/C22H23FN4OS/c1-4-12-27-21(18-10-5-6-11-19(18)23)25-26-22(27)29-14-20(28)24-17-9-7-8-16(13-17)15(2)3/h4-11,13,15H,1,12,14H2,2-3H3,(H,24,28). The van der Waals surface area contributed by atoms with Crippen molar-refractivity contribution in [3.05, 3.63) is 72.6 Å². The summed E-state index contributed by atoms with van der Waals surface area (Å²) in [6, 6.07) is 14.2. The number of amides is 1. The molecule has 3 aromatic rings. The Kier molecular flexibility index (Phi) is 6.82. The van der Waals surface area contributed by atoms with E-state index in [0.717, 1.165) is 11.3 Å². The van der Waals surface area contributed by atoms with Crippen LogP contribution in [0.4, 0.5) is 10.1 Å². The maximum absolute atomic E-state index is 14.2. The van der Waals surface area contributed by atoms with Crippen molar-refractivity contribution in [2.75, 3.05) is 11.1 Å². The highest BCUT2D eigenvalue weighted by Crippen LogP contribution is 2.26. The van der Waals surface area contributed by atoms with Gasteiger partial charge in [0.15, 0.2) is 11.0 Å². The first-order chi connectivity index (χ1) is 14.0. The predicted molar refractivity (Wildman–Crippen MR) is 115 cm³/mol. The molecule has 0 fully saturated rings. The smallest absolute Gasteiger partial charge is 0.234 e. The lowest BCUT2D eigenvalue weighted by molar-refractivity contribution is -0.113. The van der Waals surface area contributed by atoms with Crippen LogP contribution in [-0.2, 0) is 11.3 Å². The lowest BCUT2D eigenvalue weighted by atomic mass is 10.0. The molecule has 0 atom stereocenters. The lowest BCUT2D eigenvalue weighted by Crippen LogP contribution is -2.15. The van der Waals surface area contributed by atoms with Gasteiger partial charge in [-0.25, -0.2) is 4.39 Å². The minimum atomic E-state index is -0.371. The Balaban J connectivity index is 1.72. The van der Waals surface area contributed by atoms with E-state index in [2.05, 4.69) is 35.9 Å². The van der Waals surface area contributed by atoms with Gasteiger partial charge in [-0.1, -0.05) is 56.0 Å². The maximum atomic E-state index is 14.2. The molecule has 0 saturated carbocycles. The summed E-state index contributed by atoms with van der Waals surface area (Å²) in [5.41, 5.74) is 2.29. The van der Waals surface area contributed by atoms with E-state index in [0.29, 0.717) is 29.0 Å². The molecular formula is C22H23FN4OS. The van der Waals surface area contributed by atoms with Crippen molar-refractivity contribution in [3.8, 4) is 11.4 Å². The molecule has 1 N–H and O–H groups in total. The Labute approximate surface area is 174 Å². The zero-order valence-corrected chi connectivity index (χ0v) is 17.2. The summed E-state index contributed by atoms with van der Waals surface area (Å²) in [5, 5.41) is 11.7. The number of rotatable bonds is 8. The Morgan fingerprint density at radius 1 is 1.24 bits per heavy atom. The van der Waals surface area contributed by atoms with Crippen LogP contribution < -0.4 is 5.32 Å². The third-order valence-electron chi connectivity index (χ3n) is 4.31. The van der Waals surface area contributed by atoms with Gasteiger partial charge >= 0.3 is 0 Å². The van der Waals surface area contributed by atoms with E-state index in [-0.39, 0.29) is 17.5 Å². The second-order valence-electron chi connectivity index (χ2n) is 6.80. The highest BCUT2D eigenvalue weighted by molar-refractivity contribution is 7.99. The number of carbonyl (C=O) groups excluding carboxylic acids is 1. The van der Waals surface area contributed by atoms with E-state index < -0.39 is 0 Å². The fourth-order valence-electron chi connectivity index (χ4n) is 2.83. The summed E-state index contributed by atoms with van der Waals surface area (Å²) in [7, 11) is 0. The quantitative estimate of drug-likeness (QED) is 0.413. The van der Waals surface area contributed by atoms with Crippen LogP contribution >= 0.6 is 11.8 Å². The van der Waals surface area contributed by atoms with Crippen LogP contribution in [-0.4, -0.2) is 26.4 Å². The number of benzene rings is 2. The third-order valence-corrected chi connectivity index (χ3v) is 5.28. The molecule has 0 aliphatic heterocycles. The van der Waals surface area contributed by atoms with E-state index in [1.165, 1.54) is 17.8 Å². The van der Waals surface area contributed by atoms with Crippen LogP contribution in [0.2, 0.25) is 0 Å². The van der Waals surface area contributed by atoms with E-state index >= 15 is 0 Å². The number of hydrogen-bond donors (Lipinski definition) is 1.